The first-order valence-corrected chi connectivity index (χ1v) is 8.07. The molecule has 0 radical (unpaired) electrons. The number of nitrogens with zero attached hydrogens (tertiary/aromatic N) is 1. The molecule has 1 aliphatic rings. The quantitative estimate of drug-likeness (QED) is 0.791. The maximum absolute atomic E-state index is 12.6. The van der Waals surface area contributed by atoms with Crippen molar-refractivity contribution in [1.29, 1.82) is 0 Å². The van der Waals surface area contributed by atoms with Gasteiger partial charge in [-0.1, -0.05) is 17.7 Å². The number of carbonyl (C=O) groups is 1. The second kappa shape index (κ2) is 6.10. The zero-order chi connectivity index (χ0) is 14.0. The lowest BCUT2D eigenvalue weighted by Gasteiger charge is -2.32. The maximum atomic E-state index is 12.6. The van der Waals surface area contributed by atoms with Gasteiger partial charge in [0.25, 0.3) is 0 Å². The Morgan fingerprint density at radius 2 is 1.95 bits per heavy atom. The fourth-order valence-corrected chi connectivity index (χ4v) is 3.96. The van der Waals surface area contributed by atoms with Gasteiger partial charge in [-0.2, -0.15) is 11.8 Å². The van der Waals surface area contributed by atoms with Crippen molar-refractivity contribution in [2.24, 2.45) is 0 Å². The second-order valence-electron chi connectivity index (χ2n) is 5.59. The third-order valence-electron chi connectivity index (χ3n) is 3.81. The minimum atomic E-state index is 0.272. The van der Waals surface area contributed by atoms with Gasteiger partial charge in [0.05, 0.1) is 6.54 Å². The van der Waals surface area contributed by atoms with E-state index in [0.717, 1.165) is 34.7 Å². The third-order valence-corrected chi connectivity index (χ3v) is 5.00. The van der Waals surface area contributed by atoms with Gasteiger partial charge < -0.3 is 0 Å². The molecule has 1 atom stereocenters. The molecule has 2 nitrogen and oxygen atoms in total. The summed E-state index contributed by atoms with van der Waals surface area (Å²) in [5.41, 5.74) is 4.38. The van der Waals surface area contributed by atoms with Gasteiger partial charge in [-0.25, -0.2) is 0 Å². The number of benzene rings is 1. The number of Topliss-reactive ketones (excluding diaryl/α,β-unsaturated/α-hetero) is 1. The summed E-state index contributed by atoms with van der Waals surface area (Å²) in [6.45, 7) is 9.98. The topological polar surface area (TPSA) is 20.3 Å². The number of rotatable bonds is 3. The standard InChI is InChI=1S/C16H23NOS/c1-11-7-12(2)16(13(3)8-11)15(18)9-17-5-6-19-10-14(17)4/h7-8,14H,5-6,9-10H2,1-4H3. The van der Waals surface area contributed by atoms with E-state index in [-0.39, 0.29) is 5.78 Å². The molecular weight excluding hydrogens is 254 g/mol. The van der Waals surface area contributed by atoms with Crippen LogP contribution < -0.4 is 0 Å². The Labute approximate surface area is 120 Å². The van der Waals surface area contributed by atoms with E-state index < -0.39 is 0 Å². The SMILES string of the molecule is Cc1cc(C)c(C(=O)CN2CCSCC2C)c(C)c1. The minimum Gasteiger partial charge on any atom is -0.293 e. The van der Waals surface area contributed by atoms with Gasteiger partial charge in [-0.3, -0.25) is 9.69 Å². The van der Waals surface area contributed by atoms with Gasteiger partial charge in [0.1, 0.15) is 0 Å². The molecule has 0 spiro atoms. The molecule has 0 saturated carbocycles. The molecule has 1 heterocycles. The molecule has 19 heavy (non-hydrogen) atoms. The Balaban J connectivity index is 2.16. The van der Waals surface area contributed by atoms with E-state index in [1.54, 1.807) is 0 Å². The van der Waals surface area contributed by atoms with Crippen molar-refractivity contribution in [2.75, 3.05) is 24.6 Å². The molecule has 2 rings (SSSR count). The fraction of sp³-hybridized carbons (Fsp3) is 0.562. The summed E-state index contributed by atoms with van der Waals surface area (Å²) in [6, 6.07) is 4.72. The molecule has 1 saturated heterocycles. The van der Waals surface area contributed by atoms with Crippen LogP contribution in [0.2, 0.25) is 0 Å². The first-order valence-electron chi connectivity index (χ1n) is 6.92. The Hall–Kier alpha value is -0.800. The van der Waals surface area contributed by atoms with Gasteiger partial charge in [0, 0.05) is 29.7 Å². The largest absolute Gasteiger partial charge is 0.293 e. The van der Waals surface area contributed by atoms with E-state index in [1.807, 2.05) is 25.6 Å². The number of hydrogen-bond donors (Lipinski definition) is 0. The fourth-order valence-electron chi connectivity index (χ4n) is 2.88. The smallest absolute Gasteiger partial charge is 0.177 e. The zero-order valence-electron chi connectivity index (χ0n) is 12.3. The number of aryl methyl sites for hydroxylation is 3. The summed E-state index contributed by atoms with van der Waals surface area (Å²) in [4.78, 5) is 14.9. The molecule has 0 amide bonds. The number of ketones is 1. The molecule has 1 aliphatic heterocycles. The van der Waals surface area contributed by atoms with E-state index in [4.69, 9.17) is 0 Å². The highest BCUT2D eigenvalue weighted by Gasteiger charge is 2.22. The lowest BCUT2D eigenvalue weighted by molar-refractivity contribution is 0.0910. The molecule has 0 N–H and O–H groups in total. The molecule has 1 unspecified atom stereocenters. The van der Waals surface area contributed by atoms with Crippen molar-refractivity contribution in [1.82, 2.24) is 4.90 Å². The molecule has 104 valence electrons. The van der Waals surface area contributed by atoms with Crippen molar-refractivity contribution < 1.29 is 4.79 Å². The predicted molar refractivity (Wildman–Crippen MR) is 83.3 cm³/mol. The highest BCUT2D eigenvalue weighted by molar-refractivity contribution is 7.99. The van der Waals surface area contributed by atoms with Crippen LogP contribution in [0.25, 0.3) is 0 Å². The van der Waals surface area contributed by atoms with Gasteiger partial charge in [0.15, 0.2) is 5.78 Å². The van der Waals surface area contributed by atoms with Crippen LogP contribution in [0.4, 0.5) is 0 Å². The Kier molecular flexibility index (Phi) is 4.69. The van der Waals surface area contributed by atoms with Crippen LogP contribution >= 0.6 is 11.8 Å². The van der Waals surface area contributed by atoms with Crippen LogP contribution in [-0.2, 0) is 0 Å². The van der Waals surface area contributed by atoms with Crippen LogP contribution in [0.5, 0.6) is 0 Å². The molecule has 1 aromatic rings. The predicted octanol–water partition coefficient (Wildman–Crippen LogP) is 3.23. The molecular formula is C16H23NOS. The Bertz CT molecular complexity index is 461. The number of thioether (sulfide) groups is 1. The zero-order valence-corrected chi connectivity index (χ0v) is 13.1. The summed E-state index contributed by atoms with van der Waals surface area (Å²) in [5.74, 6) is 2.55. The van der Waals surface area contributed by atoms with Gasteiger partial charge in [0.2, 0.25) is 0 Å². The summed E-state index contributed by atoms with van der Waals surface area (Å²) in [7, 11) is 0. The van der Waals surface area contributed by atoms with E-state index >= 15 is 0 Å². The van der Waals surface area contributed by atoms with E-state index in [2.05, 4.69) is 30.9 Å². The van der Waals surface area contributed by atoms with Crippen molar-refractivity contribution in [3.05, 3.63) is 34.4 Å². The van der Waals surface area contributed by atoms with Crippen molar-refractivity contribution >= 4 is 17.5 Å². The number of hydrogen-bond acceptors (Lipinski definition) is 3. The second-order valence-corrected chi connectivity index (χ2v) is 6.74. The highest BCUT2D eigenvalue weighted by Crippen LogP contribution is 2.20. The molecule has 1 aromatic carbocycles. The van der Waals surface area contributed by atoms with Crippen molar-refractivity contribution in [3.8, 4) is 0 Å². The van der Waals surface area contributed by atoms with Crippen LogP contribution in [-0.4, -0.2) is 41.3 Å². The molecule has 3 heteroatoms. The Morgan fingerprint density at radius 1 is 1.32 bits per heavy atom. The van der Waals surface area contributed by atoms with E-state index in [1.165, 1.54) is 5.56 Å². The van der Waals surface area contributed by atoms with Gasteiger partial charge >= 0.3 is 0 Å². The van der Waals surface area contributed by atoms with Crippen LogP contribution in [0, 0.1) is 20.8 Å². The highest BCUT2D eigenvalue weighted by atomic mass is 32.2. The van der Waals surface area contributed by atoms with E-state index in [9.17, 15) is 4.79 Å². The average molecular weight is 277 g/mol. The Morgan fingerprint density at radius 3 is 2.53 bits per heavy atom. The monoisotopic (exact) mass is 277 g/mol. The van der Waals surface area contributed by atoms with Crippen LogP contribution in [0.15, 0.2) is 12.1 Å². The first-order chi connectivity index (χ1) is 8.99. The summed E-state index contributed by atoms with van der Waals surface area (Å²) in [6.07, 6.45) is 0. The van der Waals surface area contributed by atoms with E-state index in [0.29, 0.717) is 12.6 Å². The third kappa shape index (κ3) is 3.40. The summed E-state index contributed by atoms with van der Waals surface area (Å²) < 4.78 is 0. The van der Waals surface area contributed by atoms with Crippen molar-refractivity contribution in [2.45, 2.75) is 33.7 Å². The number of carbonyl (C=O) groups excluding carboxylic acids is 1. The first kappa shape index (κ1) is 14.6. The van der Waals surface area contributed by atoms with Gasteiger partial charge in [-0.15, -0.1) is 0 Å². The molecule has 0 aliphatic carbocycles. The normalized spacial score (nSPS) is 20.5. The molecule has 0 aromatic heterocycles. The maximum Gasteiger partial charge on any atom is 0.177 e. The van der Waals surface area contributed by atoms with Crippen LogP contribution in [0.3, 0.4) is 0 Å². The summed E-state index contributed by atoms with van der Waals surface area (Å²) >= 11 is 1.98. The molecule has 0 bridgehead atoms. The minimum absolute atomic E-state index is 0.272. The lowest BCUT2D eigenvalue weighted by Crippen LogP contribution is -2.43. The molecule has 1 fully saturated rings. The average Bonchev–Trinajstić information content (AvgIpc) is 2.30. The van der Waals surface area contributed by atoms with Gasteiger partial charge in [-0.05, 0) is 38.8 Å². The van der Waals surface area contributed by atoms with Crippen molar-refractivity contribution in [3.63, 3.8) is 0 Å². The van der Waals surface area contributed by atoms with Crippen LogP contribution in [0.1, 0.15) is 34.0 Å². The summed E-state index contributed by atoms with van der Waals surface area (Å²) in [5, 5.41) is 0. The lowest BCUT2D eigenvalue weighted by atomic mass is 9.96.